The average molecular weight is 262 g/mol. The number of carboxylic acid groups (broad SMARTS) is 2. The zero-order valence-corrected chi connectivity index (χ0v) is 10.2. The van der Waals surface area contributed by atoms with Gasteiger partial charge in [0.2, 0.25) is 0 Å². The van der Waals surface area contributed by atoms with Gasteiger partial charge in [0.05, 0.1) is 5.69 Å². The lowest BCUT2D eigenvalue weighted by Gasteiger charge is -2.24. The van der Waals surface area contributed by atoms with Crippen molar-refractivity contribution in [3.63, 3.8) is 0 Å². The summed E-state index contributed by atoms with van der Waals surface area (Å²) in [6, 6.07) is 7.36. The molecule has 2 N–H and O–H groups in total. The molecule has 1 aromatic rings. The van der Waals surface area contributed by atoms with Gasteiger partial charge in [-0.05, 0) is 18.1 Å². The van der Waals surface area contributed by atoms with Crippen molar-refractivity contribution in [1.82, 2.24) is 4.90 Å². The van der Waals surface area contributed by atoms with Crippen molar-refractivity contribution >= 4 is 17.9 Å². The van der Waals surface area contributed by atoms with Crippen LogP contribution >= 0.6 is 0 Å². The van der Waals surface area contributed by atoms with Gasteiger partial charge in [0.25, 0.3) is 0 Å². The average Bonchev–Trinajstić information content (AvgIpc) is 2.94. The van der Waals surface area contributed by atoms with E-state index in [0.29, 0.717) is 31.7 Å². The number of benzene rings is 1. The fourth-order valence-electron chi connectivity index (χ4n) is 3.19. The summed E-state index contributed by atoms with van der Waals surface area (Å²) < 4.78 is 0. The van der Waals surface area contributed by atoms with E-state index < -0.39 is 12.2 Å². The van der Waals surface area contributed by atoms with Crippen molar-refractivity contribution in [1.29, 1.82) is 0 Å². The number of hydrogen-bond acceptors (Lipinski definition) is 2. The third-order valence-electron chi connectivity index (χ3n) is 4.08. The van der Waals surface area contributed by atoms with Crippen LogP contribution in [0.15, 0.2) is 24.3 Å². The molecule has 1 atom stereocenters. The molecule has 2 heterocycles. The highest BCUT2D eigenvalue weighted by Gasteiger charge is 2.49. The zero-order chi connectivity index (χ0) is 13.6. The number of likely N-dealkylation sites (tertiary alicyclic amines) is 1. The lowest BCUT2D eigenvalue weighted by Crippen LogP contribution is -2.39. The normalized spacial score (nSPS) is 24.8. The van der Waals surface area contributed by atoms with Gasteiger partial charge in [0.1, 0.15) is 0 Å². The van der Waals surface area contributed by atoms with Gasteiger partial charge >= 0.3 is 12.2 Å². The van der Waals surface area contributed by atoms with Crippen LogP contribution in [0.2, 0.25) is 0 Å². The summed E-state index contributed by atoms with van der Waals surface area (Å²) in [7, 11) is 0. The first kappa shape index (κ1) is 11.8. The van der Waals surface area contributed by atoms with E-state index in [1.807, 2.05) is 12.1 Å². The van der Waals surface area contributed by atoms with Crippen LogP contribution in [-0.2, 0) is 5.41 Å². The highest BCUT2D eigenvalue weighted by Crippen LogP contribution is 2.46. The van der Waals surface area contributed by atoms with Crippen molar-refractivity contribution in [3.8, 4) is 0 Å². The molecular formula is C13H14N2O4. The lowest BCUT2D eigenvalue weighted by atomic mass is 9.82. The van der Waals surface area contributed by atoms with Crippen LogP contribution in [0.3, 0.4) is 0 Å². The summed E-state index contributed by atoms with van der Waals surface area (Å²) in [6.45, 7) is 1.16. The largest absolute Gasteiger partial charge is 0.465 e. The molecule has 0 aliphatic carbocycles. The quantitative estimate of drug-likeness (QED) is 0.747. The number of nitrogens with zero attached hydrogens (tertiary/aromatic N) is 2. The first-order chi connectivity index (χ1) is 9.03. The minimum Gasteiger partial charge on any atom is -0.465 e. The maximum absolute atomic E-state index is 11.3. The van der Waals surface area contributed by atoms with Crippen molar-refractivity contribution in [2.45, 2.75) is 11.8 Å². The van der Waals surface area contributed by atoms with Crippen LogP contribution in [0, 0.1) is 0 Å². The third-order valence-corrected chi connectivity index (χ3v) is 4.08. The molecule has 1 unspecified atom stereocenters. The van der Waals surface area contributed by atoms with Crippen LogP contribution in [0.25, 0.3) is 0 Å². The van der Waals surface area contributed by atoms with Crippen molar-refractivity contribution < 1.29 is 19.8 Å². The predicted octanol–water partition coefficient (Wildman–Crippen LogP) is 1.81. The molecule has 6 heteroatoms. The maximum atomic E-state index is 11.3. The second kappa shape index (κ2) is 3.88. The van der Waals surface area contributed by atoms with Crippen molar-refractivity contribution in [3.05, 3.63) is 29.8 Å². The summed E-state index contributed by atoms with van der Waals surface area (Å²) in [5.41, 5.74) is 1.25. The summed E-state index contributed by atoms with van der Waals surface area (Å²) in [6.07, 6.45) is -1.26. The third kappa shape index (κ3) is 1.63. The molecule has 3 rings (SSSR count). The topological polar surface area (TPSA) is 81.1 Å². The van der Waals surface area contributed by atoms with E-state index in [1.54, 1.807) is 12.1 Å². The Hall–Kier alpha value is -2.24. The van der Waals surface area contributed by atoms with Crippen LogP contribution < -0.4 is 4.90 Å². The van der Waals surface area contributed by atoms with Crippen molar-refractivity contribution in [2.24, 2.45) is 0 Å². The Morgan fingerprint density at radius 3 is 2.47 bits per heavy atom. The van der Waals surface area contributed by atoms with Gasteiger partial charge in [-0.3, -0.25) is 4.90 Å². The molecule has 100 valence electrons. The molecule has 0 aromatic heterocycles. The molecule has 1 saturated heterocycles. The molecular weight excluding hydrogens is 248 g/mol. The Kier molecular flexibility index (Phi) is 2.41. The van der Waals surface area contributed by atoms with E-state index in [2.05, 4.69) is 0 Å². The summed E-state index contributed by atoms with van der Waals surface area (Å²) in [5, 5.41) is 18.4. The van der Waals surface area contributed by atoms with E-state index >= 15 is 0 Å². The number of fused-ring (bicyclic) bond motifs is 2. The molecule has 0 saturated carbocycles. The number of rotatable bonds is 0. The Balaban J connectivity index is 2.02. The van der Waals surface area contributed by atoms with E-state index in [9.17, 15) is 14.7 Å². The number of anilines is 1. The van der Waals surface area contributed by atoms with E-state index in [1.165, 1.54) is 9.80 Å². The summed E-state index contributed by atoms with van der Waals surface area (Å²) in [5.74, 6) is 0. The Bertz CT molecular complexity index is 559. The Morgan fingerprint density at radius 1 is 1.11 bits per heavy atom. The van der Waals surface area contributed by atoms with E-state index in [4.69, 9.17) is 5.11 Å². The minimum absolute atomic E-state index is 0.339. The van der Waals surface area contributed by atoms with Gasteiger partial charge in [-0.2, -0.15) is 0 Å². The molecule has 2 amide bonds. The van der Waals surface area contributed by atoms with Crippen LogP contribution in [0.1, 0.15) is 12.0 Å². The van der Waals surface area contributed by atoms with E-state index in [-0.39, 0.29) is 5.41 Å². The highest BCUT2D eigenvalue weighted by molar-refractivity contribution is 5.90. The van der Waals surface area contributed by atoms with Gasteiger partial charge in [-0.25, -0.2) is 9.59 Å². The predicted molar refractivity (Wildman–Crippen MR) is 67.7 cm³/mol. The van der Waals surface area contributed by atoms with Crippen LogP contribution in [0.5, 0.6) is 0 Å². The first-order valence-corrected chi connectivity index (χ1v) is 6.11. The molecule has 1 fully saturated rings. The maximum Gasteiger partial charge on any atom is 0.411 e. The molecule has 1 spiro atoms. The standard InChI is InChI=1S/C13H14N2O4/c16-11(17)14-6-5-13(7-14)8-15(12(18)19)10-4-2-1-3-9(10)13/h1-4H,5-8H2,(H,16,17)(H,18,19). The number of para-hydroxylation sites is 1. The Labute approximate surface area is 109 Å². The fraction of sp³-hybridized carbons (Fsp3) is 0.385. The monoisotopic (exact) mass is 262 g/mol. The van der Waals surface area contributed by atoms with Gasteiger partial charge in [0.15, 0.2) is 0 Å². The van der Waals surface area contributed by atoms with Gasteiger partial charge in [0, 0.05) is 25.0 Å². The van der Waals surface area contributed by atoms with E-state index in [0.717, 1.165) is 5.56 Å². The fourth-order valence-corrected chi connectivity index (χ4v) is 3.19. The number of amides is 2. The molecule has 0 radical (unpaired) electrons. The van der Waals surface area contributed by atoms with Gasteiger partial charge in [-0.15, -0.1) is 0 Å². The first-order valence-electron chi connectivity index (χ1n) is 6.11. The molecule has 19 heavy (non-hydrogen) atoms. The van der Waals surface area contributed by atoms with Gasteiger partial charge in [-0.1, -0.05) is 18.2 Å². The second-order valence-electron chi connectivity index (χ2n) is 5.12. The zero-order valence-electron chi connectivity index (χ0n) is 10.2. The number of hydrogen-bond donors (Lipinski definition) is 2. The minimum atomic E-state index is -0.988. The lowest BCUT2D eigenvalue weighted by molar-refractivity contribution is 0.153. The van der Waals surface area contributed by atoms with Gasteiger partial charge < -0.3 is 15.1 Å². The van der Waals surface area contributed by atoms with Crippen LogP contribution in [0.4, 0.5) is 15.3 Å². The SMILES string of the molecule is O=C(O)N1CCC2(C1)CN(C(=O)O)c1ccccc12. The highest BCUT2D eigenvalue weighted by atomic mass is 16.4. The molecule has 2 aliphatic heterocycles. The summed E-state index contributed by atoms with van der Waals surface area (Å²) >= 11 is 0. The molecule has 6 nitrogen and oxygen atoms in total. The Morgan fingerprint density at radius 2 is 1.84 bits per heavy atom. The molecule has 1 aromatic carbocycles. The van der Waals surface area contributed by atoms with Crippen LogP contribution in [-0.4, -0.2) is 46.9 Å². The van der Waals surface area contributed by atoms with Crippen molar-refractivity contribution in [2.75, 3.05) is 24.5 Å². The molecule has 2 aliphatic rings. The number of carbonyl (C=O) groups is 2. The second-order valence-corrected chi connectivity index (χ2v) is 5.12. The summed E-state index contributed by atoms with van der Waals surface area (Å²) in [4.78, 5) is 25.1. The molecule has 0 bridgehead atoms. The smallest absolute Gasteiger partial charge is 0.411 e.